The van der Waals surface area contributed by atoms with Gasteiger partial charge < -0.3 is 21.1 Å². The average Bonchev–Trinajstić information content (AvgIpc) is 2.90. The molecule has 0 radical (unpaired) electrons. The molecule has 8 heteroatoms. The van der Waals surface area contributed by atoms with Gasteiger partial charge in [0, 0.05) is 38.0 Å². The lowest BCUT2D eigenvalue weighted by Gasteiger charge is -2.41. The highest BCUT2D eigenvalue weighted by atomic mass is 19.1. The van der Waals surface area contributed by atoms with E-state index in [1.54, 1.807) is 0 Å². The zero-order chi connectivity index (χ0) is 30.0. The minimum Gasteiger partial charge on any atom is -0.390 e. The van der Waals surface area contributed by atoms with E-state index in [0.717, 1.165) is 38.2 Å². The highest BCUT2D eigenvalue weighted by Gasteiger charge is 2.35. The molecule has 1 fully saturated rings. The number of carbonyl (C=O) groups excluding carboxylic acids is 2. The molecule has 2 amide bonds. The van der Waals surface area contributed by atoms with Crippen molar-refractivity contribution in [2.24, 2.45) is 0 Å². The number of halogens is 2. The number of unbranched alkanes of at least 4 members (excludes halogenated alkanes) is 1. The number of aliphatic hydroxyl groups excluding tert-OH is 1. The topological polar surface area (TPSA) is 90.5 Å². The summed E-state index contributed by atoms with van der Waals surface area (Å²) in [7, 11) is 0. The smallest absolute Gasteiger partial charge is 0.220 e. The predicted octanol–water partition coefficient (Wildman–Crippen LogP) is 5.41. The lowest BCUT2D eigenvalue weighted by atomic mass is 9.74. The van der Waals surface area contributed by atoms with Gasteiger partial charge in [-0.25, -0.2) is 8.78 Å². The van der Waals surface area contributed by atoms with Gasteiger partial charge in [-0.3, -0.25) is 9.59 Å². The minimum absolute atomic E-state index is 0.00310. The predicted molar refractivity (Wildman–Crippen MR) is 158 cm³/mol. The van der Waals surface area contributed by atoms with Crippen LogP contribution in [0.15, 0.2) is 42.5 Å². The van der Waals surface area contributed by atoms with Crippen molar-refractivity contribution in [1.29, 1.82) is 0 Å². The number of benzene rings is 2. The molecule has 2 atom stereocenters. The molecule has 0 aromatic heterocycles. The quantitative estimate of drug-likeness (QED) is 0.242. The number of rotatable bonds is 13. The molecule has 2 aromatic carbocycles. The third kappa shape index (κ3) is 10.2. The molecule has 0 spiro atoms. The Morgan fingerprint density at radius 3 is 2.32 bits per heavy atom. The summed E-state index contributed by atoms with van der Waals surface area (Å²) in [5.74, 6) is -1.77. The molecule has 4 N–H and O–H groups in total. The molecule has 1 aliphatic rings. The molecule has 1 saturated carbocycles. The molecule has 226 valence electrons. The van der Waals surface area contributed by atoms with Gasteiger partial charge in [-0.1, -0.05) is 64.3 Å². The third-order valence-electron chi connectivity index (χ3n) is 8.03. The summed E-state index contributed by atoms with van der Waals surface area (Å²) in [6, 6.07) is 11.2. The lowest BCUT2D eigenvalue weighted by Crippen LogP contribution is -2.53. The van der Waals surface area contributed by atoms with E-state index in [9.17, 15) is 23.5 Å². The SMILES string of the molecule is CC(=O)NCCCCC(=O)N[C@@H](Cc1cc(F)cc(F)c1)[C@H](O)CNC1(c2cccc(C(C)(C)C)c2)CCCCC1. The molecule has 1 aliphatic carbocycles. The molecule has 0 aliphatic heterocycles. The van der Waals surface area contributed by atoms with E-state index in [1.807, 2.05) is 0 Å². The standard InChI is InChI=1S/C33H47F2N3O3/c1-23(39)36-16-9-6-13-31(41)38-29(19-24-17-27(34)21-28(35)18-24)30(40)22-37-33(14-7-5-8-15-33)26-12-10-11-25(20-26)32(2,3)4/h10-12,17-18,20-21,29-30,37,40H,5-9,13-16,19,22H2,1-4H3,(H,36,39)(H,38,41)/t29-,30+/m0/s1. The van der Waals surface area contributed by atoms with Crippen LogP contribution in [0.1, 0.15) is 95.8 Å². The second-order valence-electron chi connectivity index (χ2n) is 12.5. The third-order valence-corrected chi connectivity index (χ3v) is 8.03. The molecule has 0 saturated heterocycles. The van der Waals surface area contributed by atoms with Crippen LogP contribution in [0.2, 0.25) is 0 Å². The molecule has 3 rings (SSSR count). The highest BCUT2D eigenvalue weighted by Crippen LogP contribution is 2.38. The second kappa shape index (κ2) is 14.9. The molecular weight excluding hydrogens is 524 g/mol. The van der Waals surface area contributed by atoms with Crippen molar-refractivity contribution < 1.29 is 23.5 Å². The summed E-state index contributed by atoms with van der Waals surface area (Å²) in [5, 5.41) is 20.7. The van der Waals surface area contributed by atoms with E-state index in [0.29, 0.717) is 24.9 Å². The lowest BCUT2D eigenvalue weighted by molar-refractivity contribution is -0.122. The second-order valence-corrected chi connectivity index (χ2v) is 12.5. The average molecular weight is 572 g/mol. The first kappa shape index (κ1) is 32.7. The van der Waals surface area contributed by atoms with Gasteiger partial charge in [0.2, 0.25) is 11.8 Å². The van der Waals surface area contributed by atoms with Crippen molar-refractivity contribution in [3.05, 3.63) is 70.8 Å². The number of nitrogens with one attached hydrogen (secondary N) is 3. The Balaban J connectivity index is 1.75. The maximum absolute atomic E-state index is 14.0. The molecule has 0 unspecified atom stereocenters. The van der Waals surface area contributed by atoms with Gasteiger partial charge in [0.1, 0.15) is 11.6 Å². The van der Waals surface area contributed by atoms with Crippen LogP contribution in [0, 0.1) is 11.6 Å². The van der Waals surface area contributed by atoms with Crippen molar-refractivity contribution in [3.8, 4) is 0 Å². The summed E-state index contributed by atoms with van der Waals surface area (Å²) in [6.07, 6.45) is 5.71. The number of amides is 2. The fraction of sp³-hybridized carbons (Fsp3) is 0.576. The van der Waals surface area contributed by atoms with Crippen LogP contribution in [0.5, 0.6) is 0 Å². The van der Waals surface area contributed by atoms with E-state index >= 15 is 0 Å². The Morgan fingerprint density at radius 1 is 1.00 bits per heavy atom. The summed E-state index contributed by atoms with van der Waals surface area (Å²) in [4.78, 5) is 23.9. The van der Waals surface area contributed by atoms with E-state index < -0.39 is 23.8 Å². The Labute approximate surface area is 243 Å². The van der Waals surface area contributed by atoms with E-state index in [1.165, 1.54) is 30.2 Å². The van der Waals surface area contributed by atoms with Crippen molar-refractivity contribution in [2.45, 2.75) is 109 Å². The fourth-order valence-corrected chi connectivity index (χ4v) is 5.67. The van der Waals surface area contributed by atoms with Crippen molar-refractivity contribution >= 4 is 11.8 Å². The van der Waals surface area contributed by atoms with E-state index in [-0.39, 0.29) is 42.2 Å². The van der Waals surface area contributed by atoms with Crippen molar-refractivity contribution in [2.75, 3.05) is 13.1 Å². The Morgan fingerprint density at radius 2 is 1.68 bits per heavy atom. The summed E-state index contributed by atoms with van der Waals surface area (Å²) in [6.45, 7) is 8.73. The van der Waals surface area contributed by atoms with E-state index in [2.05, 4.69) is 61.0 Å². The van der Waals surface area contributed by atoms with Gasteiger partial charge in [-0.15, -0.1) is 0 Å². The van der Waals surface area contributed by atoms with Crippen molar-refractivity contribution in [1.82, 2.24) is 16.0 Å². The summed E-state index contributed by atoms with van der Waals surface area (Å²) in [5.41, 5.74) is 2.51. The maximum Gasteiger partial charge on any atom is 0.220 e. The van der Waals surface area contributed by atoms with E-state index in [4.69, 9.17) is 0 Å². The number of carbonyl (C=O) groups is 2. The summed E-state index contributed by atoms with van der Waals surface area (Å²) >= 11 is 0. The van der Waals surface area contributed by atoms with Crippen LogP contribution in [0.3, 0.4) is 0 Å². The van der Waals surface area contributed by atoms with Crippen LogP contribution in [0.25, 0.3) is 0 Å². The van der Waals surface area contributed by atoms with Crippen molar-refractivity contribution in [3.63, 3.8) is 0 Å². The molecule has 41 heavy (non-hydrogen) atoms. The fourth-order valence-electron chi connectivity index (χ4n) is 5.67. The molecule has 6 nitrogen and oxygen atoms in total. The Bertz CT molecular complexity index is 1140. The Kier molecular flexibility index (Phi) is 11.9. The maximum atomic E-state index is 14.0. The normalized spacial score (nSPS) is 16.6. The summed E-state index contributed by atoms with van der Waals surface area (Å²) < 4.78 is 27.9. The van der Waals surface area contributed by atoms with Crippen LogP contribution < -0.4 is 16.0 Å². The van der Waals surface area contributed by atoms with Crippen LogP contribution in [-0.2, 0) is 27.0 Å². The first-order valence-electron chi connectivity index (χ1n) is 14.9. The minimum atomic E-state index is -0.991. The zero-order valence-electron chi connectivity index (χ0n) is 25.0. The van der Waals surface area contributed by atoms with Crippen LogP contribution in [0.4, 0.5) is 8.78 Å². The van der Waals surface area contributed by atoms with Gasteiger partial charge in [0.05, 0.1) is 12.1 Å². The number of hydrogen-bond acceptors (Lipinski definition) is 4. The largest absolute Gasteiger partial charge is 0.390 e. The van der Waals surface area contributed by atoms with Gasteiger partial charge in [0.15, 0.2) is 0 Å². The monoisotopic (exact) mass is 571 g/mol. The van der Waals surface area contributed by atoms with Gasteiger partial charge in [-0.05, 0) is 66.3 Å². The van der Waals surface area contributed by atoms with Crippen LogP contribution in [-0.4, -0.2) is 42.2 Å². The first-order chi connectivity index (χ1) is 19.4. The number of hydrogen-bond donors (Lipinski definition) is 4. The molecular formula is C33H47F2N3O3. The highest BCUT2D eigenvalue weighted by molar-refractivity contribution is 5.76. The first-order valence-corrected chi connectivity index (χ1v) is 14.9. The Hall–Kier alpha value is -2.84. The molecule has 2 aromatic rings. The van der Waals surface area contributed by atoms with Gasteiger partial charge in [0.25, 0.3) is 0 Å². The van der Waals surface area contributed by atoms with Crippen LogP contribution >= 0.6 is 0 Å². The number of aliphatic hydroxyl groups is 1. The van der Waals surface area contributed by atoms with Gasteiger partial charge >= 0.3 is 0 Å². The molecule has 0 bridgehead atoms. The molecule has 0 heterocycles. The van der Waals surface area contributed by atoms with Gasteiger partial charge in [-0.2, -0.15) is 0 Å². The zero-order valence-corrected chi connectivity index (χ0v) is 25.0.